The van der Waals surface area contributed by atoms with Gasteiger partial charge in [-0.3, -0.25) is 28.4 Å². The Morgan fingerprint density at radius 1 is 1.22 bits per heavy atom. The van der Waals surface area contributed by atoms with Gasteiger partial charge in [-0.2, -0.15) is 4.68 Å². The molecule has 50 heavy (non-hydrogen) atoms. The van der Waals surface area contributed by atoms with Gasteiger partial charge < -0.3 is 26.3 Å². The first-order chi connectivity index (χ1) is 23.2. The first-order valence-electron chi connectivity index (χ1n) is 14.8. The number of nitrogen functional groups attached to an aromatic ring is 1. The summed E-state index contributed by atoms with van der Waals surface area (Å²) >= 11 is 9.46. The van der Waals surface area contributed by atoms with Crippen molar-refractivity contribution in [1.82, 2.24) is 24.2 Å². The number of carboxylic acids is 1. The molecule has 2 atom stereocenters. The molecule has 0 bridgehead atoms. The zero-order valence-electron chi connectivity index (χ0n) is 28.3. The molecule has 0 saturated heterocycles. The number of esters is 1. The lowest BCUT2D eigenvalue weighted by Gasteiger charge is -2.16. The first-order valence-corrected chi connectivity index (χ1v) is 20.5. The topological polar surface area (TPSA) is 240 Å². The highest BCUT2D eigenvalue weighted by molar-refractivity contribution is 8.00. The molecule has 2 aromatic heterocycles. The van der Waals surface area contributed by atoms with E-state index in [4.69, 9.17) is 33.2 Å². The third kappa shape index (κ3) is 13.0. The lowest BCUT2D eigenvalue weighted by atomic mass is 9.93. The molecular weight excluding hydrogens is 758 g/mol. The number of nitrogens with zero attached hydrogens (tertiary/aromatic N) is 6. The Kier molecular flexibility index (Phi) is 16.4. The molecule has 16 nitrogen and oxygen atoms in total. The van der Waals surface area contributed by atoms with E-state index in [2.05, 4.69) is 19.9 Å². The molecule has 6 N–H and O–H groups in total. The summed E-state index contributed by atoms with van der Waals surface area (Å²) in [6.45, 7) is 8.21. The Balaban J connectivity index is 0.000000293. The van der Waals surface area contributed by atoms with Crippen LogP contribution in [0.1, 0.15) is 45.7 Å². The van der Waals surface area contributed by atoms with E-state index in [-0.39, 0.29) is 44.9 Å². The van der Waals surface area contributed by atoms with Crippen LogP contribution in [0.5, 0.6) is 0 Å². The fourth-order valence-electron chi connectivity index (χ4n) is 3.93. The minimum atomic E-state index is -3.10. The van der Waals surface area contributed by atoms with Crippen LogP contribution in [0.4, 0.5) is 10.1 Å². The van der Waals surface area contributed by atoms with E-state index < -0.39 is 31.2 Å². The van der Waals surface area contributed by atoms with Gasteiger partial charge in [-0.25, -0.2) is 14.1 Å². The summed E-state index contributed by atoms with van der Waals surface area (Å²) < 4.78 is 33.9. The first kappa shape index (κ1) is 43.2. The zero-order valence-corrected chi connectivity index (χ0v) is 32.4. The van der Waals surface area contributed by atoms with Crippen LogP contribution >= 0.6 is 53.8 Å². The number of thioether (sulfide) groups is 2. The number of carbonyl (C=O) groups excluding carboxylic acids is 1. The van der Waals surface area contributed by atoms with E-state index in [1.54, 1.807) is 15.6 Å². The summed E-state index contributed by atoms with van der Waals surface area (Å²) in [5.41, 5.74) is 4.95. The average Bonchev–Trinajstić information content (AvgIpc) is 3.35. The van der Waals surface area contributed by atoms with Crippen molar-refractivity contribution in [3.05, 3.63) is 53.5 Å². The van der Waals surface area contributed by atoms with Gasteiger partial charge in [0.1, 0.15) is 23.2 Å². The van der Waals surface area contributed by atoms with Crippen molar-refractivity contribution in [3.63, 3.8) is 0 Å². The zero-order chi connectivity index (χ0) is 38.0. The van der Waals surface area contributed by atoms with Gasteiger partial charge in [0, 0.05) is 36.2 Å². The summed E-state index contributed by atoms with van der Waals surface area (Å²) in [5, 5.41) is 16.7. The number of aromatic nitrogens is 5. The van der Waals surface area contributed by atoms with Crippen LogP contribution in [-0.4, -0.2) is 84.2 Å². The van der Waals surface area contributed by atoms with Gasteiger partial charge >= 0.3 is 16.8 Å². The van der Waals surface area contributed by atoms with Gasteiger partial charge in [0.15, 0.2) is 7.37 Å². The highest BCUT2D eigenvalue weighted by Gasteiger charge is 2.22. The molecule has 1 aliphatic rings. The Hall–Kier alpha value is -3.00. The van der Waals surface area contributed by atoms with Gasteiger partial charge in [-0.15, -0.1) is 22.0 Å². The van der Waals surface area contributed by atoms with E-state index in [0.717, 1.165) is 46.7 Å². The van der Waals surface area contributed by atoms with Crippen molar-refractivity contribution >= 4 is 71.5 Å². The molecule has 3 heterocycles. The molecule has 0 fully saturated rings. The van der Waals surface area contributed by atoms with Gasteiger partial charge in [-0.1, -0.05) is 44.1 Å². The molecule has 0 spiro atoms. The number of carboxylic acid groups (broad SMARTS) is 1. The van der Waals surface area contributed by atoms with Gasteiger partial charge in [0.2, 0.25) is 9.96 Å². The summed E-state index contributed by atoms with van der Waals surface area (Å²) in [6.07, 6.45) is 3.69. The van der Waals surface area contributed by atoms with E-state index in [9.17, 15) is 28.1 Å². The summed E-state index contributed by atoms with van der Waals surface area (Å²) in [4.78, 5) is 59.1. The summed E-state index contributed by atoms with van der Waals surface area (Å²) in [7, 11) is -1.81. The highest BCUT2D eigenvalue weighted by Crippen LogP contribution is 2.36. The number of fused-ring (bicyclic) bond motifs is 1. The molecule has 2 unspecified atom stereocenters. The number of aliphatic carboxylic acids is 1. The van der Waals surface area contributed by atoms with Crippen LogP contribution < -0.4 is 26.8 Å². The van der Waals surface area contributed by atoms with Crippen LogP contribution in [0.25, 0.3) is 0 Å². The number of rotatable bonds is 9. The third-order valence-corrected chi connectivity index (χ3v) is 10.7. The molecule has 1 aromatic carbocycles. The molecular formula is C28H41ClFN8O8PS3. The second-order valence-electron chi connectivity index (χ2n) is 11.8. The number of methoxy groups -OCH3 is 1. The van der Waals surface area contributed by atoms with E-state index >= 15 is 0 Å². The molecule has 0 aliphatic carbocycles. The van der Waals surface area contributed by atoms with Gasteiger partial charge in [0.25, 0.3) is 5.56 Å². The molecule has 0 radical (unpaired) electrons. The molecule has 3 aromatic rings. The largest absolute Gasteiger partial charge is 0.480 e. The van der Waals surface area contributed by atoms with E-state index in [0.29, 0.717) is 33.6 Å². The Morgan fingerprint density at radius 2 is 1.84 bits per heavy atom. The Morgan fingerprint density at radius 3 is 2.38 bits per heavy atom. The second kappa shape index (κ2) is 19.0. The lowest BCUT2D eigenvalue weighted by Crippen LogP contribution is -2.37. The number of halogens is 2. The number of benzene rings is 1. The number of carbonyl (C=O) groups is 2. The predicted octanol–water partition coefficient (Wildman–Crippen LogP) is 2.86. The quantitative estimate of drug-likeness (QED) is 0.105. The van der Waals surface area contributed by atoms with E-state index in [1.165, 1.54) is 31.6 Å². The predicted molar refractivity (Wildman–Crippen MR) is 193 cm³/mol. The van der Waals surface area contributed by atoms with Crippen LogP contribution in [0.2, 0.25) is 5.02 Å². The fraction of sp³-hybridized carbons (Fsp3) is 0.536. The molecule has 0 amide bonds. The molecule has 0 saturated carbocycles. The van der Waals surface area contributed by atoms with E-state index in [1.807, 2.05) is 20.8 Å². The fourth-order valence-corrected chi connectivity index (χ4v) is 7.07. The number of hydrogen-bond acceptors (Lipinski definition) is 14. The highest BCUT2D eigenvalue weighted by atomic mass is 35.5. The normalized spacial score (nSPS) is 14.6. The monoisotopic (exact) mass is 798 g/mol. The second-order valence-corrected chi connectivity index (χ2v) is 17.4. The van der Waals surface area contributed by atoms with Crippen molar-refractivity contribution in [2.24, 2.45) is 10.7 Å². The van der Waals surface area contributed by atoms with Crippen molar-refractivity contribution in [2.75, 3.05) is 37.8 Å². The van der Waals surface area contributed by atoms with Gasteiger partial charge in [-0.05, 0) is 49.0 Å². The average molecular weight is 799 g/mol. The van der Waals surface area contributed by atoms with Crippen molar-refractivity contribution in [1.29, 1.82) is 0 Å². The summed E-state index contributed by atoms with van der Waals surface area (Å²) in [5.74, 6) is 3.51. The third-order valence-electron chi connectivity index (χ3n) is 6.61. The minimum absolute atomic E-state index is 0.0412. The standard InChI is InChI=1S/C15H15ClFN3O3S2.C8H14N4OS.C5H12NO4P/c1-23-13(21)8-24-12-7-11(10(17)6-9(12)16)18-14-19-4-2-3-5-20(19)15(22)25-14;1-8(2,3)5-6(13)12(9)7(14-4)11-10-5;1-11(9,10)3-2-4(6)5(7)8/h6-7H,2-5,8H2,1H3;9H2,1-4H3;4H,2-3,6H2,1H3,(H,7,8)(H,9,10)/b18-14-;;. The van der Waals surface area contributed by atoms with Gasteiger partial charge in [0.05, 0.1) is 17.9 Å². The maximum absolute atomic E-state index is 14.3. The van der Waals surface area contributed by atoms with Crippen LogP contribution in [0.3, 0.4) is 0 Å². The minimum Gasteiger partial charge on any atom is -0.480 e. The number of nitrogens with two attached hydrogens (primary N) is 2. The van der Waals surface area contributed by atoms with Crippen molar-refractivity contribution in [2.45, 2.75) is 74.6 Å². The molecule has 278 valence electrons. The molecule has 4 rings (SSSR count). The number of hydrogen-bond donors (Lipinski definition) is 4. The maximum Gasteiger partial charge on any atom is 0.325 e. The summed E-state index contributed by atoms with van der Waals surface area (Å²) in [6, 6.07) is 1.61. The van der Waals surface area contributed by atoms with Crippen LogP contribution in [0.15, 0.2) is 36.8 Å². The van der Waals surface area contributed by atoms with Crippen LogP contribution in [-0.2, 0) is 37.4 Å². The van der Waals surface area contributed by atoms with Crippen LogP contribution in [0, 0.1) is 5.82 Å². The lowest BCUT2D eigenvalue weighted by molar-refractivity contribution is -0.139. The Labute approximate surface area is 304 Å². The molecule has 22 heteroatoms. The maximum atomic E-state index is 14.3. The number of ether oxygens (including phenoxy) is 1. The smallest absolute Gasteiger partial charge is 0.325 e. The Bertz CT molecular complexity index is 1900. The molecule has 1 aliphatic heterocycles. The van der Waals surface area contributed by atoms with Crippen molar-refractivity contribution in [3.8, 4) is 0 Å². The van der Waals surface area contributed by atoms with Crippen molar-refractivity contribution < 1.29 is 33.3 Å². The SMILES string of the molecule is COC(=O)CSc1cc(/N=c2\sc(=O)n3n2CCCC3)c(F)cc1Cl.CP(=O)(O)CCC(N)C(=O)O.CSc1nnc(C(C)(C)C)c(=O)n1N.